The number of rotatable bonds is 1. The molecule has 2 aliphatic rings. The number of pyridine rings is 1. The van der Waals surface area contributed by atoms with Gasteiger partial charge in [-0.15, -0.1) is 0 Å². The van der Waals surface area contributed by atoms with Crippen molar-refractivity contribution in [3.63, 3.8) is 0 Å². The van der Waals surface area contributed by atoms with Crippen LogP contribution in [0.1, 0.15) is 43.2 Å². The van der Waals surface area contributed by atoms with Crippen LogP contribution in [0.15, 0.2) is 42.7 Å². The summed E-state index contributed by atoms with van der Waals surface area (Å²) in [5.41, 5.74) is 3.51. The number of nitrogens with one attached hydrogen (secondary N) is 2. The van der Waals surface area contributed by atoms with Crippen molar-refractivity contribution in [2.45, 2.75) is 45.6 Å². The van der Waals surface area contributed by atoms with Crippen molar-refractivity contribution in [2.75, 3.05) is 18.5 Å². The molecule has 0 unspecified atom stereocenters. The van der Waals surface area contributed by atoms with Gasteiger partial charge in [0.05, 0.1) is 18.4 Å². The third-order valence-electron chi connectivity index (χ3n) is 5.46. The lowest BCUT2D eigenvalue weighted by Crippen LogP contribution is -2.43. The number of nitrogens with zero attached hydrogens (tertiary/aromatic N) is 3. The Balaban J connectivity index is 0.000000290. The summed E-state index contributed by atoms with van der Waals surface area (Å²) in [5, 5.41) is 17.2. The van der Waals surface area contributed by atoms with E-state index in [1.54, 1.807) is 6.07 Å². The number of likely N-dealkylation sites (N-methyl/N-ethyl adjacent to an activating group) is 1. The minimum absolute atomic E-state index is 0.289. The summed E-state index contributed by atoms with van der Waals surface area (Å²) >= 11 is 0. The van der Waals surface area contributed by atoms with Gasteiger partial charge in [0.2, 0.25) is 0 Å². The molecule has 1 aliphatic heterocycles. The highest BCUT2D eigenvalue weighted by Crippen LogP contribution is 2.32. The maximum atomic E-state index is 11.8. The molecule has 2 heterocycles. The number of hydrogen-bond acceptors (Lipinski definition) is 4. The molecule has 0 atom stereocenters. The molecule has 5 nitrogen and oxygen atoms in total. The number of benzene rings is 1. The van der Waals surface area contributed by atoms with Crippen molar-refractivity contribution >= 4 is 17.4 Å². The molecule has 1 fully saturated rings. The maximum Gasteiger partial charge on any atom is 0.141 e. The Kier molecular flexibility index (Phi) is 7.09. The number of amidine groups is 2. The van der Waals surface area contributed by atoms with Gasteiger partial charge in [0.25, 0.3) is 0 Å². The Labute approximate surface area is 172 Å². The standard InChI is InChI=1S/C18H26N4.C5H4FN/c1-13-8-9-16-15(10-13)11-21(2)12-17(19)22(16)18(20)14-6-4-3-5-7-14;6-5-2-1-3-7-4-5/h8-10,14,19-20H,3-7,11-12H2,1-2H3;1-4H. The molecule has 0 saturated heterocycles. The van der Waals surface area contributed by atoms with E-state index >= 15 is 0 Å². The first-order valence-electron chi connectivity index (χ1n) is 10.3. The normalized spacial score (nSPS) is 17.8. The molecule has 2 aromatic rings. The molecule has 1 aliphatic carbocycles. The molecule has 154 valence electrons. The predicted molar refractivity (Wildman–Crippen MR) is 116 cm³/mol. The minimum atomic E-state index is -0.289. The van der Waals surface area contributed by atoms with Gasteiger partial charge in [0.1, 0.15) is 17.5 Å². The Bertz CT molecular complexity index is 846. The van der Waals surface area contributed by atoms with Gasteiger partial charge in [0, 0.05) is 18.7 Å². The van der Waals surface area contributed by atoms with Crippen LogP contribution in [-0.4, -0.2) is 35.1 Å². The Morgan fingerprint density at radius 3 is 2.52 bits per heavy atom. The largest absolute Gasteiger partial charge is 0.295 e. The van der Waals surface area contributed by atoms with Gasteiger partial charge in [-0.3, -0.25) is 25.6 Å². The molecular formula is C23H30FN5. The first-order chi connectivity index (χ1) is 14.0. The number of hydrogen-bond donors (Lipinski definition) is 2. The Hall–Kier alpha value is -2.60. The minimum Gasteiger partial charge on any atom is -0.295 e. The van der Waals surface area contributed by atoms with Crippen LogP contribution in [0.2, 0.25) is 0 Å². The lowest BCUT2D eigenvalue weighted by Gasteiger charge is -2.32. The fraction of sp³-hybridized carbons (Fsp3) is 0.435. The molecule has 6 heteroatoms. The topological polar surface area (TPSA) is 67.1 Å². The number of halogens is 1. The van der Waals surface area contributed by atoms with E-state index in [-0.39, 0.29) is 5.82 Å². The second-order valence-electron chi connectivity index (χ2n) is 7.98. The summed E-state index contributed by atoms with van der Waals surface area (Å²) < 4.78 is 11.8. The zero-order valence-corrected chi connectivity index (χ0v) is 17.3. The van der Waals surface area contributed by atoms with Crippen LogP contribution < -0.4 is 4.90 Å². The van der Waals surface area contributed by atoms with Crippen molar-refractivity contribution < 1.29 is 4.39 Å². The second kappa shape index (κ2) is 9.74. The molecule has 0 amide bonds. The summed E-state index contributed by atoms with van der Waals surface area (Å²) in [6.07, 6.45) is 8.62. The number of anilines is 1. The van der Waals surface area contributed by atoms with Crippen molar-refractivity contribution in [3.8, 4) is 0 Å². The third kappa shape index (κ3) is 5.48. The smallest absolute Gasteiger partial charge is 0.141 e. The fourth-order valence-electron chi connectivity index (χ4n) is 4.05. The summed E-state index contributed by atoms with van der Waals surface area (Å²) in [7, 11) is 2.05. The summed E-state index contributed by atoms with van der Waals surface area (Å²) in [4.78, 5) is 7.58. The molecule has 0 bridgehead atoms. The van der Waals surface area contributed by atoms with E-state index in [9.17, 15) is 4.39 Å². The number of aryl methyl sites for hydroxylation is 1. The average molecular weight is 396 g/mol. The van der Waals surface area contributed by atoms with Crippen LogP contribution in [0.5, 0.6) is 0 Å². The zero-order chi connectivity index (χ0) is 20.8. The fourth-order valence-corrected chi connectivity index (χ4v) is 4.05. The quantitative estimate of drug-likeness (QED) is 0.527. The van der Waals surface area contributed by atoms with Gasteiger partial charge >= 0.3 is 0 Å². The summed E-state index contributed by atoms with van der Waals surface area (Å²) in [6, 6.07) is 9.29. The van der Waals surface area contributed by atoms with E-state index in [0.717, 1.165) is 25.1 Å². The van der Waals surface area contributed by atoms with Gasteiger partial charge in [-0.05, 0) is 50.6 Å². The summed E-state index contributed by atoms with van der Waals surface area (Å²) in [5.74, 6) is 1.18. The van der Waals surface area contributed by atoms with Crippen molar-refractivity contribution in [1.29, 1.82) is 10.8 Å². The molecule has 1 aromatic heterocycles. The molecular weight excluding hydrogens is 365 g/mol. The lowest BCUT2D eigenvalue weighted by molar-refractivity contribution is 0.376. The van der Waals surface area contributed by atoms with Crippen molar-refractivity contribution in [1.82, 2.24) is 9.88 Å². The van der Waals surface area contributed by atoms with E-state index < -0.39 is 0 Å². The molecule has 0 spiro atoms. The van der Waals surface area contributed by atoms with Crippen LogP contribution in [0.4, 0.5) is 10.1 Å². The van der Waals surface area contributed by atoms with Gasteiger partial charge in [-0.25, -0.2) is 4.39 Å². The summed E-state index contributed by atoms with van der Waals surface area (Å²) in [6.45, 7) is 3.55. The van der Waals surface area contributed by atoms with Crippen molar-refractivity contribution in [2.24, 2.45) is 5.92 Å². The predicted octanol–water partition coefficient (Wildman–Crippen LogP) is 5.00. The second-order valence-corrected chi connectivity index (χ2v) is 7.98. The van der Waals surface area contributed by atoms with Crippen LogP contribution >= 0.6 is 0 Å². The van der Waals surface area contributed by atoms with E-state index in [0.29, 0.717) is 24.1 Å². The molecule has 29 heavy (non-hydrogen) atoms. The maximum absolute atomic E-state index is 11.8. The van der Waals surface area contributed by atoms with Crippen LogP contribution in [-0.2, 0) is 6.54 Å². The lowest BCUT2D eigenvalue weighted by atomic mass is 9.87. The van der Waals surface area contributed by atoms with Gasteiger partial charge in [-0.2, -0.15) is 0 Å². The first kappa shape index (κ1) is 21.1. The van der Waals surface area contributed by atoms with Crippen LogP contribution in [0.25, 0.3) is 0 Å². The van der Waals surface area contributed by atoms with Crippen LogP contribution in [0.3, 0.4) is 0 Å². The van der Waals surface area contributed by atoms with E-state index in [1.165, 1.54) is 48.8 Å². The van der Waals surface area contributed by atoms with E-state index in [2.05, 4.69) is 35.0 Å². The highest BCUT2D eigenvalue weighted by molar-refractivity contribution is 6.19. The highest BCUT2D eigenvalue weighted by atomic mass is 19.1. The van der Waals surface area contributed by atoms with E-state index in [4.69, 9.17) is 10.8 Å². The first-order valence-corrected chi connectivity index (χ1v) is 10.3. The molecule has 2 N–H and O–H groups in total. The SMILES string of the molecule is Cc1ccc2c(c1)CN(C)CC(=N)N2C(=N)C1CCCCC1.Fc1cccnc1. The zero-order valence-electron chi connectivity index (χ0n) is 17.3. The van der Waals surface area contributed by atoms with E-state index in [1.807, 2.05) is 11.9 Å². The third-order valence-corrected chi connectivity index (χ3v) is 5.46. The van der Waals surface area contributed by atoms with Crippen LogP contribution in [0, 0.1) is 29.5 Å². The molecule has 1 saturated carbocycles. The van der Waals surface area contributed by atoms with Gasteiger partial charge < -0.3 is 0 Å². The number of aromatic nitrogens is 1. The molecule has 0 radical (unpaired) electrons. The molecule has 4 rings (SSSR count). The van der Waals surface area contributed by atoms with Gasteiger partial charge in [0.15, 0.2) is 0 Å². The average Bonchev–Trinajstić information content (AvgIpc) is 2.83. The molecule has 1 aromatic carbocycles. The Morgan fingerprint density at radius 2 is 1.90 bits per heavy atom. The monoisotopic (exact) mass is 395 g/mol. The Morgan fingerprint density at radius 1 is 1.14 bits per heavy atom. The van der Waals surface area contributed by atoms with Gasteiger partial charge in [-0.1, -0.05) is 37.0 Å². The highest BCUT2D eigenvalue weighted by Gasteiger charge is 2.30. The van der Waals surface area contributed by atoms with Crippen molar-refractivity contribution in [3.05, 3.63) is 59.7 Å². The number of fused-ring (bicyclic) bond motifs is 1.